The minimum absolute atomic E-state index is 0.138. The summed E-state index contributed by atoms with van der Waals surface area (Å²) in [5, 5.41) is 11.2. The number of anilines is 1. The van der Waals surface area contributed by atoms with Crippen molar-refractivity contribution in [3.8, 4) is 5.75 Å². The van der Waals surface area contributed by atoms with E-state index in [-0.39, 0.29) is 18.0 Å². The molecule has 1 saturated heterocycles. The summed E-state index contributed by atoms with van der Waals surface area (Å²) in [6.07, 6.45) is -0.598. The van der Waals surface area contributed by atoms with E-state index in [2.05, 4.69) is 14.8 Å². The molecule has 0 amide bonds. The molecule has 0 aliphatic carbocycles. The van der Waals surface area contributed by atoms with E-state index in [4.69, 9.17) is 4.74 Å². The molecular formula is C22H24FN3O3. The molecule has 1 aromatic heterocycles. The lowest BCUT2D eigenvalue weighted by molar-refractivity contribution is 0.0663. The van der Waals surface area contributed by atoms with Gasteiger partial charge in [0.15, 0.2) is 0 Å². The van der Waals surface area contributed by atoms with Gasteiger partial charge >= 0.3 is 0 Å². The topological polar surface area (TPSA) is 68.8 Å². The van der Waals surface area contributed by atoms with E-state index in [1.807, 2.05) is 6.07 Å². The van der Waals surface area contributed by atoms with Crippen LogP contribution in [-0.4, -0.2) is 60.4 Å². The lowest BCUT2D eigenvalue weighted by Gasteiger charge is -2.36. The summed E-state index contributed by atoms with van der Waals surface area (Å²) < 4.78 is 18.8. The van der Waals surface area contributed by atoms with Crippen molar-refractivity contribution in [2.75, 3.05) is 44.2 Å². The van der Waals surface area contributed by atoms with Crippen molar-refractivity contribution in [1.82, 2.24) is 9.88 Å². The first-order valence-electron chi connectivity index (χ1n) is 9.74. The molecule has 3 aromatic rings. The number of fused-ring (bicyclic) bond motifs is 1. The third kappa shape index (κ3) is 4.93. The van der Waals surface area contributed by atoms with Crippen LogP contribution in [0, 0.1) is 5.82 Å². The lowest BCUT2D eigenvalue weighted by Crippen LogP contribution is -2.49. The Kier molecular flexibility index (Phi) is 5.78. The van der Waals surface area contributed by atoms with Crippen LogP contribution in [0.5, 0.6) is 5.75 Å². The second kappa shape index (κ2) is 8.63. The van der Waals surface area contributed by atoms with Crippen molar-refractivity contribution in [3.63, 3.8) is 0 Å². The number of β-amino-alcohol motifs (C(OH)–C–C–N with tert-alkyl or cyclic N) is 1. The third-order valence-electron chi connectivity index (χ3n) is 5.17. The van der Waals surface area contributed by atoms with Crippen LogP contribution in [0.4, 0.5) is 10.1 Å². The Hall–Kier alpha value is -2.90. The highest BCUT2D eigenvalue weighted by Crippen LogP contribution is 2.19. The Morgan fingerprint density at radius 2 is 1.79 bits per heavy atom. The molecule has 0 spiro atoms. The quantitative estimate of drug-likeness (QED) is 0.668. The smallest absolute Gasteiger partial charge is 0.248 e. The number of pyridine rings is 1. The number of aromatic amines is 1. The van der Waals surface area contributed by atoms with Gasteiger partial charge in [0, 0.05) is 55.4 Å². The number of H-pyrrole nitrogens is 1. The van der Waals surface area contributed by atoms with Gasteiger partial charge in [-0.1, -0.05) is 0 Å². The molecule has 29 heavy (non-hydrogen) atoms. The van der Waals surface area contributed by atoms with Gasteiger partial charge in [-0.25, -0.2) is 4.39 Å². The highest BCUT2D eigenvalue weighted by atomic mass is 19.1. The molecule has 1 aliphatic heterocycles. The summed E-state index contributed by atoms with van der Waals surface area (Å²) in [4.78, 5) is 18.5. The zero-order valence-electron chi connectivity index (χ0n) is 16.1. The second-order valence-corrected chi connectivity index (χ2v) is 7.30. The van der Waals surface area contributed by atoms with Crippen molar-refractivity contribution in [2.45, 2.75) is 6.10 Å². The van der Waals surface area contributed by atoms with Crippen molar-refractivity contribution in [2.24, 2.45) is 0 Å². The van der Waals surface area contributed by atoms with Gasteiger partial charge in [0.05, 0.1) is 0 Å². The number of aliphatic hydroxyl groups excluding tert-OH is 1. The Morgan fingerprint density at radius 1 is 1.03 bits per heavy atom. The molecule has 2 aromatic carbocycles. The predicted molar refractivity (Wildman–Crippen MR) is 111 cm³/mol. The van der Waals surface area contributed by atoms with E-state index in [0.717, 1.165) is 42.8 Å². The van der Waals surface area contributed by atoms with E-state index >= 15 is 0 Å². The molecular weight excluding hydrogens is 373 g/mol. The van der Waals surface area contributed by atoms with Crippen LogP contribution in [0.25, 0.3) is 10.9 Å². The fraction of sp³-hybridized carbons (Fsp3) is 0.318. The first kappa shape index (κ1) is 19.4. The monoisotopic (exact) mass is 397 g/mol. The van der Waals surface area contributed by atoms with Gasteiger partial charge in [0.1, 0.15) is 24.3 Å². The van der Waals surface area contributed by atoms with E-state index < -0.39 is 6.10 Å². The highest BCUT2D eigenvalue weighted by molar-refractivity contribution is 5.79. The number of halogens is 1. The zero-order valence-corrected chi connectivity index (χ0v) is 16.1. The van der Waals surface area contributed by atoms with Crippen LogP contribution in [0.3, 0.4) is 0 Å². The second-order valence-electron chi connectivity index (χ2n) is 7.30. The first-order valence-corrected chi connectivity index (χ1v) is 9.74. The van der Waals surface area contributed by atoms with Gasteiger partial charge in [-0.2, -0.15) is 0 Å². The summed E-state index contributed by atoms with van der Waals surface area (Å²) in [5.41, 5.74) is 1.64. The van der Waals surface area contributed by atoms with Gasteiger partial charge in [0.2, 0.25) is 5.56 Å². The molecule has 1 atom stereocenters. The van der Waals surface area contributed by atoms with Gasteiger partial charge in [0.25, 0.3) is 0 Å². The van der Waals surface area contributed by atoms with Crippen molar-refractivity contribution in [1.29, 1.82) is 0 Å². The number of benzene rings is 2. The Morgan fingerprint density at radius 3 is 2.55 bits per heavy atom. The molecule has 1 aliphatic rings. The molecule has 1 fully saturated rings. The maximum atomic E-state index is 13.1. The minimum Gasteiger partial charge on any atom is -0.491 e. The molecule has 0 saturated carbocycles. The summed E-state index contributed by atoms with van der Waals surface area (Å²) in [6.45, 7) is 4.07. The molecule has 0 bridgehead atoms. The Balaban J connectivity index is 1.25. The number of rotatable bonds is 6. The predicted octanol–water partition coefficient (Wildman–Crippen LogP) is 2.23. The molecule has 2 N–H and O–H groups in total. The summed E-state index contributed by atoms with van der Waals surface area (Å²) in [5.74, 6) is 0.430. The third-order valence-corrected chi connectivity index (χ3v) is 5.17. The summed E-state index contributed by atoms with van der Waals surface area (Å²) in [7, 11) is 0. The van der Waals surface area contributed by atoms with E-state index in [1.165, 1.54) is 18.2 Å². The molecule has 4 rings (SSSR count). The number of nitrogens with one attached hydrogen (secondary N) is 1. The van der Waals surface area contributed by atoms with Crippen LogP contribution in [0.2, 0.25) is 0 Å². The van der Waals surface area contributed by atoms with E-state index in [9.17, 15) is 14.3 Å². The van der Waals surface area contributed by atoms with Gasteiger partial charge < -0.3 is 19.7 Å². The van der Waals surface area contributed by atoms with E-state index in [0.29, 0.717) is 12.3 Å². The molecule has 0 unspecified atom stereocenters. The van der Waals surface area contributed by atoms with Gasteiger partial charge in [-0.3, -0.25) is 9.69 Å². The van der Waals surface area contributed by atoms with E-state index in [1.54, 1.807) is 30.3 Å². The Labute approximate surface area is 168 Å². The van der Waals surface area contributed by atoms with Gasteiger partial charge in [-0.05, 0) is 48.5 Å². The number of nitrogens with zero attached hydrogens (tertiary/aromatic N) is 2. The van der Waals surface area contributed by atoms with Crippen LogP contribution in [-0.2, 0) is 0 Å². The molecule has 152 valence electrons. The van der Waals surface area contributed by atoms with Crippen molar-refractivity contribution >= 4 is 16.6 Å². The standard InChI is InChI=1S/C22H24FN3O3/c23-17-2-4-18(5-3-17)26-11-9-25(10-12-26)14-19(27)15-29-20-6-7-21-16(13-20)1-8-22(28)24-21/h1-8,13,19,27H,9-12,14-15H2,(H,24,28)/t19-/m0/s1. The molecule has 2 heterocycles. The lowest BCUT2D eigenvalue weighted by atomic mass is 10.2. The normalized spacial score (nSPS) is 16.1. The average Bonchev–Trinajstić information content (AvgIpc) is 2.73. The van der Waals surface area contributed by atoms with Crippen molar-refractivity contribution < 1.29 is 14.2 Å². The number of piperazine rings is 1. The molecule has 0 radical (unpaired) electrons. The van der Waals surface area contributed by atoms with Crippen LogP contribution < -0.4 is 15.2 Å². The summed E-state index contributed by atoms with van der Waals surface area (Å²) >= 11 is 0. The van der Waals surface area contributed by atoms with Crippen LogP contribution >= 0.6 is 0 Å². The van der Waals surface area contributed by atoms with Crippen molar-refractivity contribution in [3.05, 3.63) is 70.8 Å². The number of hydrogen-bond donors (Lipinski definition) is 2. The molecule has 6 nitrogen and oxygen atoms in total. The average molecular weight is 397 g/mol. The fourth-order valence-electron chi connectivity index (χ4n) is 3.61. The number of aromatic nitrogens is 1. The maximum absolute atomic E-state index is 13.1. The number of ether oxygens (including phenoxy) is 1. The highest BCUT2D eigenvalue weighted by Gasteiger charge is 2.20. The Bertz CT molecular complexity index is 1010. The minimum atomic E-state index is -0.598. The SMILES string of the molecule is O=c1ccc2cc(OC[C@@H](O)CN3CCN(c4ccc(F)cc4)CC3)ccc2[nH]1. The molecule has 7 heteroatoms. The number of aliphatic hydroxyl groups is 1. The zero-order chi connectivity index (χ0) is 20.2. The fourth-order valence-corrected chi connectivity index (χ4v) is 3.61. The summed E-state index contributed by atoms with van der Waals surface area (Å²) in [6, 6.07) is 15.2. The number of hydrogen-bond acceptors (Lipinski definition) is 5. The largest absolute Gasteiger partial charge is 0.491 e. The van der Waals surface area contributed by atoms with Gasteiger partial charge in [-0.15, -0.1) is 0 Å². The van der Waals surface area contributed by atoms with Crippen LogP contribution in [0.15, 0.2) is 59.4 Å². The first-order chi connectivity index (χ1) is 14.1. The van der Waals surface area contributed by atoms with Crippen LogP contribution in [0.1, 0.15) is 0 Å². The maximum Gasteiger partial charge on any atom is 0.248 e.